The lowest BCUT2D eigenvalue weighted by Crippen LogP contribution is -2.51. The van der Waals surface area contributed by atoms with Crippen LogP contribution in [0.5, 0.6) is 0 Å². The number of rotatable bonds is 11. The third kappa shape index (κ3) is 7.29. The summed E-state index contributed by atoms with van der Waals surface area (Å²) < 4.78 is 5.47. The molecule has 3 atom stereocenters. The summed E-state index contributed by atoms with van der Waals surface area (Å²) in [5, 5.41) is 14.1. The Labute approximate surface area is 221 Å². The van der Waals surface area contributed by atoms with E-state index in [1.165, 1.54) is 17.3 Å². The van der Waals surface area contributed by atoms with Gasteiger partial charge in [0.05, 0.1) is 12.0 Å². The zero-order valence-corrected chi connectivity index (χ0v) is 21.7. The first kappa shape index (κ1) is 26.6. The average molecular weight is 521 g/mol. The molecule has 0 aliphatic heterocycles. The van der Waals surface area contributed by atoms with Crippen LogP contribution in [0.1, 0.15) is 65.1 Å². The fraction of sp³-hybridized carbons (Fsp3) is 0.393. The molecule has 2 amide bonds. The van der Waals surface area contributed by atoms with Crippen LogP contribution in [0.15, 0.2) is 70.3 Å². The van der Waals surface area contributed by atoms with Crippen LogP contribution in [0.25, 0.3) is 0 Å². The van der Waals surface area contributed by atoms with Crippen molar-refractivity contribution in [3.63, 3.8) is 0 Å². The fourth-order valence-corrected chi connectivity index (χ4v) is 4.99. The van der Waals surface area contributed by atoms with Gasteiger partial charge in [0.25, 0.3) is 17.0 Å². The minimum Gasteiger partial charge on any atom is -0.408 e. The number of benzene rings is 2. The van der Waals surface area contributed by atoms with Crippen LogP contribution < -0.4 is 10.6 Å². The van der Waals surface area contributed by atoms with E-state index in [0.717, 1.165) is 19.3 Å². The molecule has 1 saturated carbocycles. The van der Waals surface area contributed by atoms with Crippen LogP contribution in [-0.2, 0) is 11.2 Å². The summed E-state index contributed by atoms with van der Waals surface area (Å²) >= 11 is 1.25. The Morgan fingerprint density at radius 2 is 1.70 bits per heavy atom. The van der Waals surface area contributed by atoms with Gasteiger partial charge in [-0.3, -0.25) is 14.4 Å². The maximum Gasteiger partial charge on any atom is 0.286 e. The summed E-state index contributed by atoms with van der Waals surface area (Å²) in [4.78, 5) is 39.5. The third-order valence-corrected chi connectivity index (χ3v) is 7.20. The van der Waals surface area contributed by atoms with E-state index in [1.54, 1.807) is 18.4 Å². The third-order valence-electron chi connectivity index (χ3n) is 6.68. The number of carbonyl (C=O) groups is 3. The molecule has 2 N–H and O–H groups in total. The lowest BCUT2D eigenvalue weighted by Gasteiger charge is -2.32. The zero-order chi connectivity index (χ0) is 26.0. The van der Waals surface area contributed by atoms with E-state index in [4.69, 9.17) is 4.42 Å². The van der Waals surface area contributed by atoms with E-state index in [-0.39, 0.29) is 23.7 Å². The van der Waals surface area contributed by atoms with Crippen LogP contribution >= 0.6 is 11.8 Å². The Kier molecular flexibility index (Phi) is 9.48. The highest BCUT2D eigenvalue weighted by Crippen LogP contribution is 2.26. The van der Waals surface area contributed by atoms with Crippen molar-refractivity contribution >= 4 is 29.4 Å². The van der Waals surface area contributed by atoms with E-state index in [1.807, 2.05) is 48.5 Å². The van der Waals surface area contributed by atoms with Crippen molar-refractivity contribution in [3.8, 4) is 0 Å². The molecule has 0 unspecified atom stereocenters. The Balaban J connectivity index is 1.45. The Bertz CT molecular complexity index is 1190. The van der Waals surface area contributed by atoms with Gasteiger partial charge in [0.1, 0.15) is 0 Å². The zero-order valence-electron chi connectivity index (χ0n) is 20.9. The maximum absolute atomic E-state index is 13.5. The van der Waals surface area contributed by atoms with Gasteiger partial charge in [-0.05, 0) is 56.1 Å². The van der Waals surface area contributed by atoms with Gasteiger partial charge >= 0.3 is 0 Å². The number of ketones is 1. The molecule has 194 valence electrons. The van der Waals surface area contributed by atoms with Crippen molar-refractivity contribution in [3.05, 3.63) is 77.7 Å². The van der Waals surface area contributed by atoms with Crippen molar-refractivity contribution in [2.75, 3.05) is 6.26 Å². The van der Waals surface area contributed by atoms with Crippen molar-refractivity contribution in [2.45, 2.75) is 62.3 Å². The van der Waals surface area contributed by atoms with Crippen molar-refractivity contribution in [1.29, 1.82) is 0 Å². The van der Waals surface area contributed by atoms with Crippen molar-refractivity contribution < 1.29 is 18.8 Å². The second-order valence-electron chi connectivity index (χ2n) is 9.22. The number of Topliss-reactive ketones (excluding diaryl/α,β-unsaturated/α-hetero) is 1. The van der Waals surface area contributed by atoms with E-state index in [2.05, 4.69) is 20.8 Å². The van der Waals surface area contributed by atoms with Gasteiger partial charge < -0.3 is 15.1 Å². The smallest absolute Gasteiger partial charge is 0.286 e. The molecule has 4 rings (SSSR count). The summed E-state index contributed by atoms with van der Waals surface area (Å²) in [5.41, 5.74) is 1.72. The molecule has 0 spiro atoms. The molecular weight excluding hydrogens is 488 g/mol. The molecule has 0 bridgehead atoms. The number of amides is 2. The van der Waals surface area contributed by atoms with Crippen LogP contribution in [-0.4, -0.2) is 46.1 Å². The molecule has 37 heavy (non-hydrogen) atoms. The second kappa shape index (κ2) is 13.2. The predicted octanol–water partition coefficient (Wildman–Crippen LogP) is 4.47. The SMILES string of the molecule is CSc1nnc(C(=O)[C@H](CCCc2ccccc2)NC(=O)[C@@H]2CCCC[C@@H]2NC(=O)c2ccccc2)o1. The first-order valence-electron chi connectivity index (χ1n) is 12.7. The van der Waals surface area contributed by atoms with Gasteiger partial charge in [-0.2, -0.15) is 0 Å². The minimum absolute atomic E-state index is 0.105. The fourth-order valence-electron chi connectivity index (χ4n) is 4.70. The first-order chi connectivity index (χ1) is 18.0. The van der Waals surface area contributed by atoms with E-state index < -0.39 is 17.7 Å². The summed E-state index contributed by atoms with van der Waals surface area (Å²) in [7, 11) is 0. The normalized spacial score (nSPS) is 18.1. The molecule has 1 fully saturated rings. The van der Waals surface area contributed by atoms with Gasteiger partial charge in [0.15, 0.2) is 0 Å². The number of carbonyl (C=O) groups excluding carboxylic acids is 3. The molecule has 1 aliphatic rings. The van der Waals surface area contributed by atoms with Crippen molar-refractivity contribution in [2.24, 2.45) is 5.92 Å². The number of nitrogens with zero attached hydrogens (tertiary/aromatic N) is 2. The predicted molar refractivity (Wildman–Crippen MR) is 141 cm³/mol. The molecule has 1 aliphatic carbocycles. The average Bonchev–Trinajstić information content (AvgIpc) is 3.43. The second-order valence-corrected chi connectivity index (χ2v) is 9.97. The molecule has 0 saturated heterocycles. The number of nitrogens with one attached hydrogen (secondary N) is 2. The maximum atomic E-state index is 13.5. The quantitative estimate of drug-likeness (QED) is 0.283. The largest absolute Gasteiger partial charge is 0.408 e. The topological polar surface area (TPSA) is 114 Å². The molecular formula is C28H32N4O4S. The Morgan fingerprint density at radius 3 is 2.41 bits per heavy atom. The summed E-state index contributed by atoms with van der Waals surface area (Å²) in [6.07, 6.45) is 6.88. The standard InChI is InChI=1S/C28H32N4O4S/c1-37-28-32-31-27(36-28)24(33)23(18-10-13-19-11-4-2-5-12-19)30-26(35)21-16-8-9-17-22(21)29-25(34)20-14-6-3-7-15-20/h2-7,11-12,14-15,21-23H,8-10,13,16-18H2,1H3,(H,29,34)(H,30,35)/t21-,22+,23+/m1/s1. The number of aryl methyl sites for hydroxylation is 1. The minimum atomic E-state index is -0.793. The highest BCUT2D eigenvalue weighted by atomic mass is 32.2. The molecule has 1 heterocycles. The van der Waals surface area contributed by atoms with Crippen LogP contribution in [0, 0.1) is 5.92 Å². The lowest BCUT2D eigenvalue weighted by molar-refractivity contribution is -0.127. The van der Waals surface area contributed by atoms with E-state index in [0.29, 0.717) is 36.5 Å². The van der Waals surface area contributed by atoms with Gasteiger partial charge in [-0.1, -0.05) is 73.1 Å². The van der Waals surface area contributed by atoms with E-state index >= 15 is 0 Å². The lowest BCUT2D eigenvalue weighted by atomic mass is 9.83. The van der Waals surface area contributed by atoms with E-state index in [9.17, 15) is 14.4 Å². The van der Waals surface area contributed by atoms with Gasteiger partial charge in [0.2, 0.25) is 11.7 Å². The molecule has 1 aromatic heterocycles. The van der Waals surface area contributed by atoms with Crippen LogP contribution in [0.2, 0.25) is 0 Å². The number of aromatic nitrogens is 2. The van der Waals surface area contributed by atoms with Gasteiger partial charge in [-0.25, -0.2) is 0 Å². The molecule has 3 aromatic rings. The summed E-state index contributed by atoms with van der Waals surface area (Å²) in [6, 6.07) is 17.9. The van der Waals surface area contributed by atoms with Gasteiger partial charge in [0, 0.05) is 11.6 Å². The van der Waals surface area contributed by atoms with Crippen LogP contribution in [0.3, 0.4) is 0 Å². The number of hydrogen-bond acceptors (Lipinski definition) is 7. The first-order valence-corrected chi connectivity index (χ1v) is 13.9. The number of thioether (sulfide) groups is 1. The monoisotopic (exact) mass is 520 g/mol. The Hall–Kier alpha value is -3.46. The Morgan fingerprint density at radius 1 is 1.00 bits per heavy atom. The van der Waals surface area contributed by atoms with Crippen LogP contribution in [0.4, 0.5) is 0 Å². The summed E-state index contributed by atoms with van der Waals surface area (Å²) in [6.45, 7) is 0. The summed E-state index contributed by atoms with van der Waals surface area (Å²) in [5.74, 6) is -1.35. The molecule has 2 aromatic carbocycles. The highest BCUT2D eigenvalue weighted by Gasteiger charge is 2.35. The van der Waals surface area contributed by atoms with Gasteiger partial charge in [-0.15, -0.1) is 10.2 Å². The molecule has 8 nitrogen and oxygen atoms in total. The molecule has 9 heteroatoms. The van der Waals surface area contributed by atoms with Crippen molar-refractivity contribution in [1.82, 2.24) is 20.8 Å². The molecule has 0 radical (unpaired) electrons. The highest BCUT2D eigenvalue weighted by molar-refractivity contribution is 7.98. The number of hydrogen-bond donors (Lipinski definition) is 2.